The molecule has 2 N–H and O–H groups in total. The lowest BCUT2D eigenvalue weighted by molar-refractivity contribution is 0.146. The Morgan fingerprint density at radius 1 is 1.16 bits per heavy atom. The minimum atomic E-state index is -2.35. The molecule has 0 fully saturated rings. The molecular formula is C23H26F2N4OS. The lowest BCUT2D eigenvalue weighted by Gasteiger charge is -2.23. The van der Waals surface area contributed by atoms with E-state index in [4.69, 9.17) is 4.98 Å². The van der Waals surface area contributed by atoms with Crippen molar-refractivity contribution in [1.82, 2.24) is 10.3 Å². The largest absolute Gasteiger partial charge is 0.383 e. The highest BCUT2D eigenvalue weighted by Gasteiger charge is 2.21. The molecule has 5 nitrogen and oxygen atoms in total. The number of aromatic nitrogens is 1. The van der Waals surface area contributed by atoms with Crippen molar-refractivity contribution < 1.29 is 13.0 Å². The van der Waals surface area contributed by atoms with Crippen LogP contribution in [0.25, 0.3) is 10.9 Å². The maximum absolute atomic E-state index is 12.6. The van der Waals surface area contributed by atoms with E-state index in [1.165, 1.54) is 0 Å². The SMILES string of the molecule is Cc1ccc2nc(N3CCS(=O)c4ccccc4C3)cc(NCCNCC(F)F)c2c1. The molecule has 0 aliphatic carbocycles. The van der Waals surface area contributed by atoms with Crippen molar-refractivity contribution in [2.45, 2.75) is 24.8 Å². The van der Waals surface area contributed by atoms with Crippen LogP contribution in [0.4, 0.5) is 20.3 Å². The van der Waals surface area contributed by atoms with E-state index in [9.17, 15) is 13.0 Å². The molecule has 1 unspecified atom stereocenters. The van der Waals surface area contributed by atoms with Gasteiger partial charge in [-0.3, -0.25) is 4.21 Å². The van der Waals surface area contributed by atoms with Gasteiger partial charge in [0.15, 0.2) is 0 Å². The first-order valence-electron chi connectivity index (χ1n) is 10.4. The molecule has 0 saturated carbocycles. The van der Waals surface area contributed by atoms with Crippen LogP contribution in [0, 0.1) is 6.92 Å². The number of anilines is 2. The van der Waals surface area contributed by atoms with E-state index in [0.29, 0.717) is 31.9 Å². The molecule has 2 heterocycles. The summed E-state index contributed by atoms with van der Waals surface area (Å²) in [6.07, 6.45) is -2.35. The maximum atomic E-state index is 12.6. The number of fused-ring (bicyclic) bond motifs is 2. The molecule has 1 aliphatic heterocycles. The fourth-order valence-corrected chi connectivity index (χ4v) is 5.03. The van der Waals surface area contributed by atoms with Crippen molar-refractivity contribution in [1.29, 1.82) is 0 Å². The molecule has 1 aliphatic rings. The van der Waals surface area contributed by atoms with E-state index in [1.54, 1.807) is 0 Å². The van der Waals surface area contributed by atoms with E-state index in [2.05, 4.69) is 21.6 Å². The molecule has 0 bridgehead atoms. The quantitative estimate of drug-likeness (QED) is 0.541. The molecule has 0 saturated heterocycles. The summed E-state index contributed by atoms with van der Waals surface area (Å²) >= 11 is 0. The third-order valence-electron chi connectivity index (χ3n) is 5.32. The van der Waals surface area contributed by atoms with Gasteiger partial charge in [0.2, 0.25) is 0 Å². The second-order valence-electron chi connectivity index (χ2n) is 7.65. The predicted octanol–water partition coefficient (Wildman–Crippen LogP) is 3.94. The van der Waals surface area contributed by atoms with Crippen molar-refractivity contribution in [3.8, 4) is 0 Å². The minimum absolute atomic E-state index is 0.312. The molecule has 0 amide bonds. The zero-order valence-electron chi connectivity index (χ0n) is 17.4. The first-order valence-corrected chi connectivity index (χ1v) is 11.7. The Hall–Kier alpha value is -2.58. The summed E-state index contributed by atoms with van der Waals surface area (Å²) < 4.78 is 37.3. The van der Waals surface area contributed by atoms with Crippen LogP contribution in [0.5, 0.6) is 0 Å². The molecule has 1 atom stereocenters. The fraction of sp³-hybridized carbons (Fsp3) is 0.348. The second-order valence-corrected chi connectivity index (χ2v) is 9.19. The monoisotopic (exact) mass is 444 g/mol. The number of rotatable bonds is 7. The standard InChI is InChI=1S/C23H26F2N4OS/c1-16-6-7-19-18(12-16)20(27-9-8-26-14-22(24)25)13-23(28-19)29-10-11-31(30)21-5-3-2-4-17(21)15-29/h2-7,12-13,22,26H,8-11,14-15H2,1H3,(H,27,28). The van der Waals surface area contributed by atoms with Crippen LogP contribution >= 0.6 is 0 Å². The molecule has 0 spiro atoms. The zero-order chi connectivity index (χ0) is 21.8. The maximum Gasteiger partial charge on any atom is 0.250 e. The van der Waals surface area contributed by atoms with Crippen molar-refractivity contribution in [2.24, 2.45) is 0 Å². The van der Waals surface area contributed by atoms with Gasteiger partial charge >= 0.3 is 0 Å². The smallest absolute Gasteiger partial charge is 0.250 e. The van der Waals surface area contributed by atoms with Crippen LogP contribution in [0.1, 0.15) is 11.1 Å². The van der Waals surface area contributed by atoms with Crippen LogP contribution in [0.15, 0.2) is 53.4 Å². The van der Waals surface area contributed by atoms with Crippen molar-refractivity contribution in [3.05, 3.63) is 59.7 Å². The molecule has 2 aromatic carbocycles. The summed E-state index contributed by atoms with van der Waals surface area (Å²) in [5.41, 5.74) is 3.96. The third kappa shape index (κ3) is 5.19. The average Bonchev–Trinajstić information content (AvgIpc) is 2.92. The highest BCUT2D eigenvalue weighted by atomic mass is 32.2. The number of hydrogen-bond acceptors (Lipinski definition) is 5. The summed E-state index contributed by atoms with van der Waals surface area (Å²) in [7, 11) is -1.03. The highest BCUT2D eigenvalue weighted by molar-refractivity contribution is 7.85. The summed E-state index contributed by atoms with van der Waals surface area (Å²) in [5, 5.41) is 7.12. The van der Waals surface area contributed by atoms with Gasteiger partial charge in [-0.1, -0.05) is 29.8 Å². The summed E-state index contributed by atoms with van der Waals surface area (Å²) in [5.74, 6) is 1.36. The predicted molar refractivity (Wildman–Crippen MR) is 123 cm³/mol. The minimum Gasteiger partial charge on any atom is -0.383 e. The van der Waals surface area contributed by atoms with Crippen LogP contribution < -0.4 is 15.5 Å². The number of pyridine rings is 1. The van der Waals surface area contributed by atoms with Gasteiger partial charge in [-0.05, 0) is 30.7 Å². The van der Waals surface area contributed by atoms with E-state index < -0.39 is 17.2 Å². The lowest BCUT2D eigenvalue weighted by atomic mass is 10.1. The third-order valence-corrected chi connectivity index (χ3v) is 6.76. The molecule has 3 aromatic rings. The lowest BCUT2D eigenvalue weighted by Crippen LogP contribution is -2.27. The Morgan fingerprint density at radius 2 is 2.00 bits per heavy atom. The first kappa shape index (κ1) is 21.6. The zero-order valence-corrected chi connectivity index (χ0v) is 18.2. The molecule has 4 rings (SSSR count). The Bertz CT molecular complexity index is 1090. The molecule has 1 aromatic heterocycles. The Morgan fingerprint density at radius 3 is 2.84 bits per heavy atom. The van der Waals surface area contributed by atoms with Gasteiger partial charge in [0, 0.05) is 54.0 Å². The number of benzene rings is 2. The Labute approximate surface area is 183 Å². The van der Waals surface area contributed by atoms with Gasteiger partial charge < -0.3 is 15.5 Å². The fourth-order valence-electron chi connectivity index (χ4n) is 3.77. The normalized spacial score (nSPS) is 16.4. The average molecular weight is 445 g/mol. The number of nitrogens with one attached hydrogen (secondary N) is 2. The molecule has 31 heavy (non-hydrogen) atoms. The first-order chi connectivity index (χ1) is 15.0. The van der Waals surface area contributed by atoms with Gasteiger partial charge in [0.1, 0.15) is 5.82 Å². The van der Waals surface area contributed by atoms with E-state index in [1.807, 2.05) is 49.4 Å². The van der Waals surface area contributed by atoms with Crippen LogP contribution in [-0.4, -0.2) is 47.6 Å². The number of halogens is 2. The number of nitrogens with zero attached hydrogens (tertiary/aromatic N) is 2. The van der Waals surface area contributed by atoms with E-state index in [0.717, 1.165) is 38.4 Å². The molecular weight excluding hydrogens is 418 g/mol. The van der Waals surface area contributed by atoms with E-state index >= 15 is 0 Å². The summed E-state index contributed by atoms with van der Waals surface area (Å²) in [6, 6.07) is 16.0. The van der Waals surface area contributed by atoms with Crippen molar-refractivity contribution in [2.75, 3.05) is 42.1 Å². The van der Waals surface area contributed by atoms with E-state index in [-0.39, 0.29) is 6.54 Å². The topological polar surface area (TPSA) is 57.3 Å². The summed E-state index contributed by atoms with van der Waals surface area (Å²) in [4.78, 5) is 7.93. The van der Waals surface area contributed by atoms with Gasteiger partial charge in [-0.2, -0.15) is 0 Å². The summed E-state index contributed by atoms with van der Waals surface area (Å²) in [6.45, 7) is 3.95. The van der Waals surface area contributed by atoms with Crippen molar-refractivity contribution >= 4 is 33.2 Å². The second kappa shape index (κ2) is 9.70. The van der Waals surface area contributed by atoms with Gasteiger partial charge in [0.05, 0.1) is 22.9 Å². The molecule has 0 radical (unpaired) electrons. The molecule has 8 heteroatoms. The van der Waals surface area contributed by atoms with Crippen molar-refractivity contribution in [3.63, 3.8) is 0 Å². The van der Waals surface area contributed by atoms with Gasteiger partial charge in [-0.15, -0.1) is 0 Å². The van der Waals surface area contributed by atoms with Gasteiger partial charge in [0.25, 0.3) is 6.43 Å². The number of alkyl halides is 2. The Balaban J connectivity index is 1.62. The molecule has 164 valence electrons. The van der Waals surface area contributed by atoms with Crippen LogP contribution in [-0.2, 0) is 17.3 Å². The highest BCUT2D eigenvalue weighted by Crippen LogP contribution is 2.30. The Kier molecular flexibility index (Phi) is 6.77. The number of aryl methyl sites for hydroxylation is 1. The van der Waals surface area contributed by atoms with Crippen LogP contribution in [0.2, 0.25) is 0 Å². The van der Waals surface area contributed by atoms with Gasteiger partial charge in [-0.25, -0.2) is 13.8 Å². The number of hydrogen-bond donors (Lipinski definition) is 2. The van der Waals surface area contributed by atoms with Crippen LogP contribution in [0.3, 0.4) is 0 Å².